The number of hydrogen-bond acceptors (Lipinski definition) is 3. The summed E-state index contributed by atoms with van der Waals surface area (Å²) in [5, 5.41) is 1.72. The van der Waals surface area contributed by atoms with E-state index in [2.05, 4.69) is 4.98 Å². The molecule has 0 unspecified atom stereocenters. The highest BCUT2D eigenvalue weighted by molar-refractivity contribution is 7.16. The van der Waals surface area contributed by atoms with Crippen LogP contribution in [0.1, 0.15) is 0 Å². The molecule has 2 aromatic heterocycles. The third kappa shape index (κ3) is 1.18. The lowest BCUT2D eigenvalue weighted by Crippen LogP contribution is -2.15. The first-order chi connectivity index (χ1) is 7.25. The second kappa shape index (κ2) is 2.90. The quantitative estimate of drug-likeness (QED) is 0.577. The largest absolute Gasteiger partial charge is 0.318 e. The Hall–Kier alpha value is -1.68. The van der Waals surface area contributed by atoms with Gasteiger partial charge in [0.05, 0.1) is 15.7 Å². The number of benzene rings is 1. The SMILES string of the molecule is Cn1ccc2cc3ncsc3cc2c1=O. The van der Waals surface area contributed by atoms with Crippen LogP contribution in [-0.2, 0) is 7.05 Å². The summed E-state index contributed by atoms with van der Waals surface area (Å²) < 4.78 is 2.65. The van der Waals surface area contributed by atoms with E-state index >= 15 is 0 Å². The molecule has 74 valence electrons. The van der Waals surface area contributed by atoms with Crippen LogP contribution in [0.3, 0.4) is 0 Å². The maximum atomic E-state index is 11.8. The first-order valence-electron chi connectivity index (χ1n) is 4.58. The topological polar surface area (TPSA) is 34.9 Å². The minimum absolute atomic E-state index is 0.0443. The molecule has 0 fully saturated rings. The molecule has 0 spiro atoms. The number of rotatable bonds is 0. The maximum absolute atomic E-state index is 11.8. The molecule has 4 heteroatoms. The Balaban J connectivity index is 2.60. The summed E-state index contributed by atoms with van der Waals surface area (Å²) in [5.41, 5.74) is 2.80. The normalized spacial score (nSPS) is 11.3. The Morgan fingerprint density at radius 2 is 2.27 bits per heavy atom. The summed E-state index contributed by atoms with van der Waals surface area (Å²) >= 11 is 1.56. The fourth-order valence-corrected chi connectivity index (χ4v) is 2.39. The van der Waals surface area contributed by atoms with Gasteiger partial charge in [-0.1, -0.05) is 0 Å². The van der Waals surface area contributed by atoms with E-state index in [4.69, 9.17) is 0 Å². The van der Waals surface area contributed by atoms with Crippen molar-refractivity contribution in [3.63, 3.8) is 0 Å². The van der Waals surface area contributed by atoms with E-state index in [1.165, 1.54) is 0 Å². The molecule has 0 saturated carbocycles. The Kier molecular flexibility index (Phi) is 1.67. The van der Waals surface area contributed by atoms with Gasteiger partial charge in [-0.15, -0.1) is 11.3 Å². The molecular weight excluding hydrogens is 208 g/mol. The highest BCUT2D eigenvalue weighted by Gasteiger charge is 2.03. The maximum Gasteiger partial charge on any atom is 0.258 e. The van der Waals surface area contributed by atoms with Gasteiger partial charge in [-0.05, 0) is 23.6 Å². The number of pyridine rings is 1. The van der Waals surface area contributed by atoms with E-state index in [1.54, 1.807) is 34.7 Å². The van der Waals surface area contributed by atoms with Gasteiger partial charge in [0, 0.05) is 18.6 Å². The van der Waals surface area contributed by atoms with E-state index < -0.39 is 0 Å². The summed E-state index contributed by atoms with van der Waals surface area (Å²) in [4.78, 5) is 16.1. The van der Waals surface area contributed by atoms with Crippen molar-refractivity contribution in [2.75, 3.05) is 0 Å². The molecule has 0 atom stereocenters. The third-order valence-electron chi connectivity index (χ3n) is 2.53. The fraction of sp³-hybridized carbons (Fsp3) is 0.0909. The number of nitrogens with zero attached hydrogens (tertiary/aromatic N) is 2. The van der Waals surface area contributed by atoms with Crippen LogP contribution < -0.4 is 5.56 Å². The third-order valence-corrected chi connectivity index (χ3v) is 3.32. The van der Waals surface area contributed by atoms with Crippen LogP contribution in [0, 0.1) is 0 Å². The first kappa shape index (κ1) is 8.61. The molecule has 2 heterocycles. The van der Waals surface area contributed by atoms with Crippen LogP contribution in [0.2, 0.25) is 0 Å². The summed E-state index contributed by atoms with van der Waals surface area (Å²) in [6.07, 6.45) is 1.78. The van der Waals surface area contributed by atoms with Crippen LogP contribution in [0.25, 0.3) is 21.0 Å². The first-order valence-corrected chi connectivity index (χ1v) is 5.46. The number of fused-ring (bicyclic) bond motifs is 2. The lowest BCUT2D eigenvalue weighted by atomic mass is 10.1. The van der Waals surface area contributed by atoms with Crippen LogP contribution in [0.4, 0.5) is 0 Å². The van der Waals surface area contributed by atoms with Crippen molar-refractivity contribution in [2.45, 2.75) is 0 Å². The Labute approximate surface area is 89.6 Å². The number of hydrogen-bond donors (Lipinski definition) is 0. The average Bonchev–Trinajstić information content (AvgIpc) is 2.68. The Bertz CT molecular complexity index is 711. The van der Waals surface area contributed by atoms with Gasteiger partial charge >= 0.3 is 0 Å². The van der Waals surface area contributed by atoms with Crippen LogP contribution in [0.5, 0.6) is 0 Å². The lowest BCUT2D eigenvalue weighted by Gasteiger charge is -2.00. The van der Waals surface area contributed by atoms with Gasteiger partial charge in [-0.25, -0.2) is 4.98 Å². The summed E-state index contributed by atoms with van der Waals surface area (Å²) in [7, 11) is 1.76. The van der Waals surface area contributed by atoms with Crippen LogP contribution >= 0.6 is 11.3 Å². The zero-order valence-electron chi connectivity index (χ0n) is 8.10. The van der Waals surface area contributed by atoms with Gasteiger partial charge in [-0.2, -0.15) is 0 Å². The Morgan fingerprint density at radius 3 is 3.13 bits per heavy atom. The molecule has 0 radical (unpaired) electrons. The molecule has 3 rings (SSSR count). The molecule has 0 aliphatic rings. The van der Waals surface area contributed by atoms with Gasteiger partial charge in [0.1, 0.15) is 0 Å². The molecule has 15 heavy (non-hydrogen) atoms. The second-order valence-corrected chi connectivity index (χ2v) is 4.38. The van der Waals surface area contributed by atoms with Crippen molar-refractivity contribution in [3.05, 3.63) is 40.3 Å². The van der Waals surface area contributed by atoms with Gasteiger partial charge in [-0.3, -0.25) is 4.79 Å². The van der Waals surface area contributed by atoms with Gasteiger partial charge in [0.2, 0.25) is 0 Å². The van der Waals surface area contributed by atoms with Crippen molar-refractivity contribution >= 4 is 32.3 Å². The minimum Gasteiger partial charge on any atom is -0.318 e. The zero-order valence-corrected chi connectivity index (χ0v) is 8.91. The van der Waals surface area contributed by atoms with Gasteiger partial charge < -0.3 is 4.57 Å². The molecule has 3 aromatic rings. The monoisotopic (exact) mass is 216 g/mol. The van der Waals surface area contributed by atoms with Crippen LogP contribution in [-0.4, -0.2) is 9.55 Å². The average molecular weight is 216 g/mol. The van der Waals surface area contributed by atoms with Crippen molar-refractivity contribution < 1.29 is 0 Å². The molecule has 3 nitrogen and oxygen atoms in total. The van der Waals surface area contributed by atoms with Crippen molar-refractivity contribution in [3.8, 4) is 0 Å². The van der Waals surface area contributed by atoms with Gasteiger partial charge in [0.15, 0.2) is 0 Å². The fourth-order valence-electron chi connectivity index (χ4n) is 1.69. The lowest BCUT2D eigenvalue weighted by molar-refractivity contribution is 0.873. The molecule has 0 aliphatic heterocycles. The number of aromatic nitrogens is 2. The molecule has 0 N–H and O–H groups in total. The standard InChI is InChI=1S/C11H8N2OS/c1-13-3-2-7-4-9-10(15-6-12-9)5-8(7)11(13)14/h2-6H,1H3. The predicted octanol–water partition coefficient (Wildman–Crippen LogP) is 2.15. The Morgan fingerprint density at radius 1 is 1.40 bits per heavy atom. The highest BCUT2D eigenvalue weighted by Crippen LogP contribution is 2.22. The van der Waals surface area contributed by atoms with E-state index in [0.29, 0.717) is 0 Å². The van der Waals surface area contributed by atoms with Gasteiger partial charge in [0.25, 0.3) is 5.56 Å². The van der Waals surface area contributed by atoms with E-state index in [-0.39, 0.29) is 5.56 Å². The summed E-state index contributed by atoms with van der Waals surface area (Å²) in [6, 6.07) is 5.82. The summed E-state index contributed by atoms with van der Waals surface area (Å²) in [6.45, 7) is 0. The molecule has 0 aliphatic carbocycles. The van der Waals surface area contributed by atoms with Crippen molar-refractivity contribution in [1.82, 2.24) is 9.55 Å². The predicted molar refractivity (Wildman–Crippen MR) is 62.4 cm³/mol. The molecule has 0 saturated heterocycles. The minimum atomic E-state index is 0.0443. The smallest absolute Gasteiger partial charge is 0.258 e. The molecule has 0 bridgehead atoms. The number of thiazole rings is 1. The van der Waals surface area contributed by atoms with E-state index in [0.717, 1.165) is 21.0 Å². The van der Waals surface area contributed by atoms with E-state index in [9.17, 15) is 4.79 Å². The highest BCUT2D eigenvalue weighted by atomic mass is 32.1. The van der Waals surface area contributed by atoms with Crippen molar-refractivity contribution in [2.24, 2.45) is 7.05 Å². The summed E-state index contributed by atoms with van der Waals surface area (Å²) in [5.74, 6) is 0. The molecule has 0 amide bonds. The van der Waals surface area contributed by atoms with Crippen molar-refractivity contribution in [1.29, 1.82) is 0 Å². The molecule has 1 aromatic carbocycles. The zero-order chi connectivity index (χ0) is 10.4. The second-order valence-electron chi connectivity index (χ2n) is 3.49. The van der Waals surface area contributed by atoms with E-state index in [1.807, 2.05) is 18.2 Å². The number of aryl methyl sites for hydroxylation is 1. The van der Waals surface area contributed by atoms with Crippen LogP contribution in [0.15, 0.2) is 34.7 Å². The molecular formula is C11H8N2OS.